The topological polar surface area (TPSA) is 9.23 Å². The first-order valence-electron chi connectivity index (χ1n) is 11.1. The molecule has 2 aromatic rings. The highest BCUT2D eigenvalue weighted by molar-refractivity contribution is 5.45. The van der Waals surface area contributed by atoms with Crippen LogP contribution >= 0.6 is 0 Å². The van der Waals surface area contributed by atoms with Crippen molar-refractivity contribution < 1.29 is 4.74 Å². The average molecular weight is 375 g/mol. The minimum Gasteiger partial charge on any atom is -0.494 e. The van der Waals surface area contributed by atoms with Crippen LogP contribution in [-0.2, 0) is 0 Å². The van der Waals surface area contributed by atoms with Crippen LogP contribution in [0, 0.1) is 17.8 Å². The minimum absolute atomic E-state index is 0.692. The SMILES string of the molecule is CCCCCC1CCC(c2ccc(C#Cc3ccc(OCC)cc3)cc2)CC1. The van der Waals surface area contributed by atoms with E-state index in [2.05, 4.69) is 43.0 Å². The molecule has 2 aromatic carbocycles. The minimum atomic E-state index is 0.692. The number of hydrogen-bond donors (Lipinski definition) is 0. The fourth-order valence-corrected chi connectivity index (χ4v) is 4.25. The van der Waals surface area contributed by atoms with Gasteiger partial charge in [-0.05, 0) is 86.4 Å². The zero-order chi connectivity index (χ0) is 19.6. The Morgan fingerprint density at radius 2 is 1.39 bits per heavy atom. The van der Waals surface area contributed by atoms with Crippen LogP contribution in [0.25, 0.3) is 0 Å². The molecule has 1 aliphatic rings. The van der Waals surface area contributed by atoms with E-state index >= 15 is 0 Å². The van der Waals surface area contributed by atoms with Crippen LogP contribution in [0.4, 0.5) is 0 Å². The summed E-state index contributed by atoms with van der Waals surface area (Å²) >= 11 is 0. The van der Waals surface area contributed by atoms with Gasteiger partial charge in [0.25, 0.3) is 0 Å². The zero-order valence-electron chi connectivity index (χ0n) is 17.5. The van der Waals surface area contributed by atoms with Crippen LogP contribution in [0.1, 0.15) is 87.8 Å². The van der Waals surface area contributed by atoms with Crippen LogP contribution in [0.5, 0.6) is 5.75 Å². The third-order valence-electron chi connectivity index (χ3n) is 5.96. The van der Waals surface area contributed by atoms with Crippen LogP contribution < -0.4 is 4.74 Å². The van der Waals surface area contributed by atoms with E-state index in [0.717, 1.165) is 28.7 Å². The molecule has 148 valence electrons. The van der Waals surface area contributed by atoms with Crippen molar-refractivity contribution in [2.75, 3.05) is 6.61 Å². The van der Waals surface area contributed by atoms with E-state index in [9.17, 15) is 0 Å². The van der Waals surface area contributed by atoms with Gasteiger partial charge in [-0.3, -0.25) is 0 Å². The predicted octanol–water partition coefficient (Wildman–Crippen LogP) is 7.34. The van der Waals surface area contributed by atoms with Crippen LogP contribution in [0.3, 0.4) is 0 Å². The lowest BCUT2D eigenvalue weighted by molar-refractivity contribution is 0.303. The lowest BCUT2D eigenvalue weighted by Crippen LogP contribution is -2.13. The quantitative estimate of drug-likeness (QED) is 0.364. The Bertz CT molecular complexity index is 753. The number of benzene rings is 2. The summed E-state index contributed by atoms with van der Waals surface area (Å²) in [6.45, 7) is 4.98. The molecule has 1 nitrogen and oxygen atoms in total. The first-order chi connectivity index (χ1) is 13.8. The van der Waals surface area contributed by atoms with Crippen LogP contribution in [-0.4, -0.2) is 6.61 Å². The summed E-state index contributed by atoms with van der Waals surface area (Å²) in [4.78, 5) is 0. The molecule has 0 N–H and O–H groups in total. The molecule has 0 aliphatic heterocycles. The maximum atomic E-state index is 5.48. The molecule has 0 spiro atoms. The van der Waals surface area contributed by atoms with Gasteiger partial charge in [0, 0.05) is 11.1 Å². The molecular weight excluding hydrogens is 340 g/mol. The third kappa shape index (κ3) is 6.16. The highest BCUT2D eigenvalue weighted by atomic mass is 16.5. The summed E-state index contributed by atoms with van der Waals surface area (Å²) in [6, 6.07) is 17.0. The van der Waals surface area contributed by atoms with E-state index < -0.39 is 0 Å². The second kappa shape index (κ2) is 11.0. The van der Waals surface area contributed by atoms with Crippen molar-refractivity contribution >= 4 is 0 Å². The lowest BCUT2D eigenvalue weighted by atomic mass is 9.77. The van der Waals surface area contributed by atoms with Crippen molar-refractivity contribution in [2.24, 2.45) is 5.92 Å². The van der Waals surface area contributed by atoms with Crippen LogP contribution in [0.2, 0.25) is 0 Å². The number of ether oxygens (including phenoxy) is 1. The van der Waals surface area contributed by atoms with E-state index in [0.29, 0.717) is 6.61 Å². The van der Waals surface area contributed by atoms with Crippen molar-refractivity contribution in [3.63, 3.8) is 0 Å². The Morgan fingerprint density at radius 3 is 1.96 bits per heavy atom. The predicted molar refractivity (Wildman–Crippen MR) is 119 cm³/mol. The number of unbranched alkanes of at least 4 members (excludes halogenated alkanes) is 2. The molecule has 28 heavy (non-hydrogen) atoms. The second-order valence-corrected chi connectivity index (χ2v) is 8.04. The van der Waals surface area contributed by atoms with Gasteiger partial charge in [-0.1, -0.05) is 56.6 Å². The second-order valence-electron chi connectivity index (χ2n) is 8.04. The van der Waals surface area contributed by atoms with Crippen molar-refractivity contribution in [2.45, 2.75) is 71.1 Å². The molecule has 0 saturated heterocycles. The van der Waals surface area contributed by atoms with Crippen molar-refractivity contribution in [1.82, 2.24) is 0 Å². The fraction of sp³-hybridized carbons (Fsp3) is 0.481. The molecule has 0 heterocycles. The van der Waals surface area contributed by atoms with Gasteiger partial charge in [-0.2, -0.15) is 0 Å². The van der Waals surface area contributed by atoms with Gasteiger partial charge < -0.3 is 4.74 Å². The lowest BCUT2D eigenvalue weighted by Gasteiger charge is -2.29. The molecule has 0 aromatic heterocycles. The van der Waals surface area contributed by atoms with Gasteiger partial charge in [-0.25, -0.2) is 0 Å². The van der Waals surface area contributed by atoms with Gasteiger partial charge in [0.1, 0.15) is 5.75 Å². The molecule has 1 saturated carbocycles. The van der Waals surface area contributed by atoms with Gasteiger partial charge in [0.05, 0.1) is 6.61 Å². The van der Waals surface area contributed by atoms with E-state index in [4.69, 9.17) is 4.74 Å². The first-order valence-corrected chi connectivity index (χ1v) is 11.1. The number of hydrogen-bond acceptors (Lipinski definition) is 1. The first kappa shape index (κ1) is 20.5. The molecule has 1 heteroatoms. The van der Waals surface area contributed by atoms with Crippen molar-refractivity contribution in [3.8, 4) is 17.6 Å². The van der Waals surface area contributed by atoms with E-state index in [1.165, 1.54) is 56.9 Å². The van der Waals surface area contributed by atoms with Crippen LogP contribution in [0.15, 0.2) is 48.5 Å². The summed E-state index contributed by atoms with van der Waals surface area (Å²) < 4.78 is 5.48. The average Bonchev–Trinajstić information content (AvgIpc) is 2.75. The fourth-order valence-electron chi connectivity index (χ4n) is 4.25. The van der Waals surface area contributed by atoms with E-state index in [1.807, 2.05) is 31.2 Å². The Hall–Kier alpha value is -2.20. The van der Waals surface area contributed by atoms with Gasteiger partial charge >= 0.3 is 0 Å². The molecular formula is C27H34O. The smallest absolute Gasteiger partial charge is 0.119 e. The Labute approximate surface area is 171 Å². The molecule has 0 atom stereocenters. The maximum absolute atomic E-state index is 5.48. The standard InChI is InChI=1S/C27H34O/c1-3-5-6-7-22-10-16-25(17-11-22)26-18-12-23(13-19-26)8-9-24-14-20-27(21-15-24)28-4-2/h12-15,18-22,25H,3-7,10-11,16-17H2,1-2H3. The highest BCUT2D eigenvalue weighted by Gasteiger charge is 2.21. The molecule has 3 rings (SSSR count). The Morgan fingerprint density at radius 1 is 0.786 bits per heavy atom. The normalized spacial score (nSPS) is 18.9. The molecule has 1 aliphatic carbocycles. The van der Waals surface area contributed by atoms with E-state index in [-0.39, 0.29) is 0 Å². The maximum Gasteiger partial charge on any atom is 0.119 e. The van der Waals surface area contributed by atoms with Crippen molar-refractivity contribution in [1.29, 1.82) is 0 Å². The van der Waals surface area contributed by atoms with E-state index in [1.54, 1.807) is 0 Å². The molecule has 0 amide bonds. The highest BCUT2D eigenvalue weighted by Crippen LogP contribution is 2.37. The van der Waals surface area contributed by atoms with Gasteiger partial charge in [-0.15, -0.1) is 0 Å². The molecule has 0 bridgehead atoms. The Balaban J connectivity index is 1.52. The summed E-state index contributed by atoms with van der Waals surface area (Å²) in [7, 11) is 0. The van der Waals surface area contributed by atoms with Crippen molar-refractivity contribution in [3.05, 3.63) is 65.2 Å². The third-order valence-corrected chi connectivity index (χ3v) is 5.96. The zero-order valence-corrected chi connectivity index (χ0v) is 17.5. The van der Waals surface area contributed by atoms with Gasteiger partial charge in [0.15, 0.2) is 0 Å². The molecule has 1 fully saturated rings. The monoisotopic (exact) mass is 374 g/mol. The van der Waals surface area contributed by atoms with Gasteiger partial charge in [0.2, 0.25) is 0 Å². The summed E-state index contributed by atoms with van der Waals surface area (Å²) in [5, 5.41) is 0. The molecule has 0 unspecified atom stereocenters. The Kier molecular flexibility index (Phi) is 8.04. The molecule has 0 radical (unpaired) electrons. The number of rotatable bonds is 7. The largest absolute Gasteiger partial charge is 0.494 e. The summed E-state index contributed by atoms with van der Waals surface area (Å²) in [6.07, 6.45) is 11.1. The summed E-state index contributed by atoms with van der Waals surface area (Å²) in [5.41, 5.74) is 3.61. The summed E-state index contributed by atoms with van der Waals surface area (Å²) in [5.74, 6) is 9.16.